The molecule has 0 unspecified atom stereocenters. The lowest BCUT2D eigenvalue weighted by atomic mass is 10.2. The molecule has 0 aliphatic carbocycles. The van der Waals surface area contributed by atoms with Crippen molar-refractivity contribution in [3.63, 3.8) is 0 Å². The Kier molecular flexibility index (Phi) is 6.92. The van der Waals surface area contributed by atoms with Crippen LogP contribution >= 0.6 is 0 Å². The van der Waals surface area contributed by atoms with E-state index in [1.54, 1.807) is 19.1 Å². The van der Waals surface area contributed by atoms with Gasteiger partial charge in [0.2, 0.25) is 15.9 Å². The highest BCUT2D eigenvalue weighted by Crippen LogP contribution is 2.11. The van der Waals surface area contributed by atoms with Crippen molar-refractivity contribution >= 4 is 27.6 Å². The van der Waals surface area contributed by atoms with Gasteiger partial charge in [0.05, 0.1) is 25.0 Å². The van der Waals surface area contributed by atoms with E-state index in [9.17, 15) is 18.0 Å². The van der Waals surface area contributed by atoms with Gasteiger partial charge in [-0.05, 0) is 31.2 Å². The molecule has 0 aromatic heterocycles. The summed E-state index contributed by atoms with van der Waals surface area (Å²) in [5, 5.41) is 2.57. The van der Waals surface area contributed by atoms with Gasteiger partial charge in [0.15, 0.2) is 0 Å². The van der Waals surface area contributed by atoms with Crippen molar-refractivity contribution in [2.75, 3.05) is 31.3 Å². The van der Waals surface area contributed by atoms with Crippen LogP contribution in [0.15, 0.2) is 36.9 Å². The van der Waals surface area contributed by atoms with Crippen molar-refractivity contribution in [1.82, 2.24) is 4.31 Å². The Morgan fingerprint density at radius 2 is 1.91 bits per heavy atom. The molecule has 1 N–H and O–H groups in total. The summed E-state index contributed by atoms with van der Waals surface area (Å²) in [6.07, 6.45) is 2.43. The van der Waals surface area contributed by atoms with Crippen LogP contribution in [0.1, 0.15) is 17.3 Å². The number of hydrogen-bond acceptors (Lipinski definition) is 5. The Bertz CT molecular complexity index is 668. The Morgan fingerprint density at radius 1 is 1.30 bits per heavy atom. The van der Waals surface area contributed by atoms with E-state index < -0.39 is 21.9 Å². The molecule has 8 heteroatoms. The first-order valence-electron chi connectivity index (χ1n) is 6.91. The third-order valence-corrected chi connectivity index (χ3v) is 4.02. The molecule has 0 bridgehead atoms. The van der Waals surface area contributed by atoms with E-state index in [1.807, 2.05) is 0 Å². The van der Waals surface area contributed by atoms with Gasteiger partial charge in [-0.3, -0.25) is 4.79 Å². The minimum atomic E-state index is -3.50. The van der Waals surface area contributed by atoms with E-state index in [0.717, 1.165) is 10.6 Å². The number of nitrogens with zero attached hydrogens (tertiary/aromatic N) is 1. The number of ether oxygens (including phenoxy) is 1. The molecule has 1 aromatic carbocycles. The zero-order valence-electron chi connectivity index (χ0n) is 13.1. The molecule has 0 saturated heterocycles. The molecule has 0 aliphatic rings. The highest BCUT2D eigenvalue weighted by Gasteiger charge is 2.18. The highest BCUT2D eigenvalue weighted by molar-refractivity contribution is 7.88. The van der Waals surface area contributed by atoms with Crippen LogP contribution in [0.25, 0.3) is 0 Å². The minimum Gasteiger partial charge on any atom is -0.462 e. The molecule has 126 valence electrons. The van der Waals surface area contributed by atoms with E-state index in [4.69, 9.17) is 4.74 Å². The third-order valence-electron chi connectivity index (χ3n) is 2.80. The van der Waals surface area contributed by atoms with Gasteiger partial charge in [-0.25, -0.2) is 13.2 Å². The molecule has 1 amide bonds. The van der Waals surface area contributed by atoms with Crippen molar-refractivity contribution in [2.24, 2.45) is 0 Å². The average molecular weight is 340 g/mol. The molecule has 1 aromatic rings. The summed E-state index contributed by atoms with van der Waals surface area (Å²) in [5.74, 6) is -0.930. The number of hydrogen-bond donors (Lipinski definition) is 1. The average Bonchev–Trinajstić information content (AvgIpc) is 2.47. The molecule has 7 nitrogen and oxygen atoms in total. The van der Waals surface area contributed by atoms with Crippen molar-refractivity contribution in [1.29, 1.82) is 0 Å². The number of benzene rings is 1. The van der Waals surface area contributed by atoms with Crippen LogP contribution < -0.4 is 5.32 Å². The molecular weight excluding hydrogens is 320 g/mol. The molecule has 0 radical (unpaired) electrons. The summed E-state index contributed by atoms with van der Waals surface area (Å²) in [5.41, 5.74) is 0.823. The van der Waals surface area contributed by atoms with Crippen LogP contribution in [0.4, 0.5) is 5.69 Å². The number of rotatable bonds is 8. The second-order valence-corrected chi connectivity index (χ2v) is 6.67. The molecule has 23 heavy (non-hydrogen) atoms. The summed E-state index contributed by atoms with van der Waals surface area (Å²) in [6, 6.07) is 6.13. The molecule has 1 rings (SSSR count). The SMILES string of the molecule is C=CCN(CC(=O)Nc1ccc(C(=O)OCC)cc1)S(C)(=O)=O. The minimum absolute atomic E-state index is 0.0497. The molecule has 0 fully saturated rings. The van der Waals surface area contributed by atoms with Crippen LogP contribution in [0.5, 0.6) is 0 Å². The Labute approximate surface area is 136 Å². The van der Waals surface area contributed by atoms with Crippen molar-refractivity contribution in [3.05, 3.63) is 42.5 Å². The summed E-state index contributed by atoms with van der Waals surface area (Å²) >= 11 is 0. The standard InChI is InChI=1S/C15H20N2O5S/c1-4-10-17(23(3,20)21)11-14(18)16-13-8-6-12(7-9-13)15(19)22-5-2/h4,6-9H,1,5,10-11H2,2-3H3,(H,16,18). The van der Waals surface area contributed by atoms with E-state index in [0.29, 0.717) is 11.3 Å². The lowest BCUT2D eigenvalue weighted by molar-refractivity contribution is -0.116. The van der Waals surface area contributed by atoms with E-state index in [2.05, 4.69) is 11.9 Å². The topological polar surface area (TPSA) is 92.8 Å². The van der Waals surface area contributed by atoms with Crippen molar-refractivity contribution < 1.29 is 22.7 Å². The summed E-state index contributed by atoms with van der Waals surface area (Å²) in [4.78, 5) is 23.4. The van der Waals surface area contributed by atoms with Crippen molar-refractivity contribution in [2.45, 2.75) is 6.92 Å². The van der Waals surface area contributed by atoms with Crippen LogP contribution in [-0.4, -0.2) is 50.6 Å². The third kappa shape index (κ3) is 6.21. The largest absolute Gasteiger partial charge is 0.462 e. The van der Waals surface area contributed by atoms with Gasteiger partial charge in [0.1, 0.15) is 0 Å². The number of amides is 1. The molecule has 0 spiro atoms. The molecular formula is C15H20N2O5S. The number of nitrogens with one attached hydrogen (secondary N) is 1. The fourth-order valence-electron chi connectivity index (χ4n) is 1.73. The van der Waals surface area contributed by atoms with Gasteiger partial charge in [0.25, 0.3) is 0 Å². The van der Waals surface area contributed by atoms with Gasteiger partial charge in [-0.1, -0.05) is 6.08 Å². The lowest BCUT2D eigenvalue weighted by Gasteiger charge is -2.17. The molecule has 0 heterocycles. The number of carbonyl (C=O) groups excluding carboxylic acids is 2. The van der Waals surface area contributed by atoms with Gasteiger partial charge >= 0.3 is 5.97 Å². The first-order valence-corrected chi connectivity index (χ1v) is 8.75. The van der Waals surface area contributed by atoms with Crippen LogP contribution in [0, 0.1) is 0 Å². The predicted molar refractivity (Wildman–Crippen MR) is 87.6 cm³/mol. The smallest absolute Gasteiger partial charge is 0.338 e. The fourth-order valence-corrected chi connectivity index (χ4v) is 2.45. The quantitative estimate of drug-likeness (QED) is 0.568. The fraction of sp³-hybridized carbons (Fsp3) is 0.333. The Morgan fingerprint density at radius 3 is 2.39 bits per heavy atom. The normalized spacial score (nSPS) is 11.1. The Hall–Kier alpha value is -2.19. The summed E-state index contributed by atoms with van der Waals surface area (Å²) < 4.78 is 28.9. The van der Waals surface area contributed by atoms with E-state index in [-0.39, 0.29) is 19.7 Å². The molecule has 0 atom stereocenters. The zero-order chi connectivity index (χ0) is 17.5. The van der Waals surface area contributed by atoms with Crippen LogP contribution in [0.3, 0.4) is 0 Å². The Balaban J connectivity index is 2.70. The van der Waals surface area contributed by atoms with E-state index >= 15 is 0 Å². The maximum Gasteiger partial charge on any atom is 0.338 e. The van der Waals surface area contributed by atoms with Crippen LogP contribution in [0.2, 0.25) is 0 Å². The monoisotopic (exact) mass is 340 g/mol. The van der Waals surface area contributed by atoms with Gasteiger partial charge in [-0.2, -0.15) is 4.31 Å². The lowest BCUT2D eigenvalue weighted by Crippen LogP contribution is -2.37. The first kappa shape index (κ1) is 18.9. The summed E-state index contributed by atoms with van der Waals surface area (Å²) in [7, 11) is -3.50. The van der Waals surface area contributed by atoms with Gasteiger partial charge in [0, 0.05) is 12.2 Å². The predicted octanol–water partition coefficient (Wildman–Crippen LogP) is 1.25. The van der Waals surface area contributed by atoms with Crippen molar-refractivity contribution in [3.8, 4) is 0 Å². The van der Waals surface area contributed by atoms with Crippen LogP contribution in [-0.2, 0) is 19.6 Å². The maximum atomic E-state index is 11.9. The molecule has 0 saturated carbocycles. The van der Waals surface area contributed by atoms with E-state index in [1.165, 1.54) is 18.2 Å². The second kappa shape index (κ2) is 8.44. The summed E-state index contributed by atoms with van der Waals surface area (Å²) in [6.45, 7) is 5.19. The number of sulfonamides is 1. The first-order chi connectivity index (χ1) is 10.8. The number of anilines is 1. The van der Waals surface area contributed by atoms with Gasteiger partial charge < -0.3 is 10.1 Å². The van der Waals surface area contributed by atoms with Gasteiger partial charge in [-0.15, -0.1) is 6.58 Å². The zero-order valence-corrected chi connectivity index (χ0v) is 13.9. The molecule has 0 aliphatic heterocycles. The number of carbonyl (C=O) groups is 2. The number of esters is 1. The second-order valence-electron chi connectivity index (χ2n) is 4.69. The maximum absolute atomic E-state index is 11.9. The highest BCUT2D eigenvalue weighted by atomic mass is 32.2.